The van der Waals surface area contributed by atoms with Gasteiger partial charge in [0.05, 0.1) is 10.7 Å². The number of esters is 1. The fourth-order valence-electron chi connectivity index (χ4n) is 1.71. The first-order chi connectivity index (χ1) is 10.5. The van der Waals surface area contributed by atoms with E-state index in [1.54, 1.807) is 31.2 Å². The zero-order chi connectivity index (χ0) is 16.1. The number of ether oxygens (including phenoxy) is 1. The van der Waals surface area contributed by atoms with Crippen molar-refractivity contribution < 1.29 is 13.9 Å². The first-order valence-electron chi connectivity index (χ1n) is 6.37. The fourth-order valence-corrected chi connectivity index (χ4v) is 2.04. The molecule has 0 saturated heterocycles. The van der Waals surface area contributed by atoms with Gasteiger partial charge in [0.1, 0.15) is 17.6 Å². The molecule has 0 bridgehead atoms. The molecule has 0 fully saturated rings. The monoisotopic (exact) mass is 339 g/mol. The highest BCUT2D eigenvalue weighted by Gasteiger charge is 2.07. The smallest absolute Gasteiger partial charge is 0.331 e. The van der Waals surface area contributed by atoms with Crippen molar-refractivity contribution in [3.8, 4) is 0 Å². The topological polar surface area (TPSA) is 39.2 Å². The van der Waals surface area contributed by atoms with E-state index in [0.717, 1.165) is 5.56 Å². The minimum atomic E-state index is -0.542. The van der Waals surface area contributed by atoms with Gasteiger partial charge in [0, 0.05) is 6.08 Å². The van der Waals surface area contributed by atoms with Crippen LogP contribution in [0.15, 0.2) is 42.5 Å². The van der Waals surface area contributed by atoms with E-state index in [1.165, 1.54) is 18.2 Å². The highest BCUT2D eigenvalue weighted by Crippen LogP contribution is 2.18. The van der Waals surface area contributed by atoms with Gasteiger partial charge in [0.2, 0.25) is 0 Å². The predicted octanol–water partition coefficient (Wildman–Crippen LogP) is 4.67. The third-order valence-electron chi connectivity index (χ3n) is 2.87. The number of carbonyl (C=O) groups is 1. The van der Waals surface area contributed by atoms with Crippen LogP contribution in [0.1, 0.15) is 18.2 Å². The van der Waals surface area contributed by atoms with Crippen LogP contribution in [0.2, 0.25) is 10.2 Å². The Morgan fingerprint density at radius 2 is 1.91 bits per heavy atom. The van der Waals surface area contributed by atoms with Crippen molar-refractivity contribution in [1.29, 1.82) is 0 Å². The summed E-state index contributed by atoms with van der Waals surface area (Å²) in [5.41, 5.74) is 1.78. The number of benzene rings is 1. The molecule has 0 amide bonds. The number of nitrogens with zero attached hydrogens (tertiary/aromatic N) is 1. The maximum absolute atomic E-state index is 12.9. The Balaban J connectivity index is 2.01. The summed E-state index contributed by atoms with van der Waals surface area (Å²) in [6.07, 6.45) is 1.33. The Bertz CT molecular complexity index is 715. The lowest BCUT2D eigenvalue weighted by Crippen LogP contribution is -2.04. The first-order valence-corrected chi connectivity index (χ1v) is 7.13. The molecule has 0 atom stereocenters. The van der Waals surface area contributed by atoms with Gasteiger partial charge in [-0.2, -0.15) is 0 Å². The fraction of sp³-hybridized carbons (Fsp3) is 0.125. The molecule has 2 rings (SSSR count). The highest BCUT2D eigenvalue weighted by molar-refractivity contribution is 6.32. The van der Waals surface area contributed by atoms with E-state index < -0.39 is 5.97 Å². The molecule has 114 valence electrons. The van der Waals surface area contributed by atoms with Crippen molar-refractivity contribution >= 4 is 34.7 Å². The van der Waals surface area contributed by atoms with Gasteiger partial charge in [-0.25, -0.2) is 14.2 Å². The molecule has 0 aliphatic rings. The molecule has 0 aliphatic heterocycles. The largest absolute Gasteiger partial charge is 0.456 e. The second-order valence-electron chi connectivity index (χ2n) is 4.50. The van der Waals surface area contributed by atoms with Gasteiger partial charge in [-0.1, -0.05) is 35.3 Å². The summed E-state index contributed by atoms with van der Waals surface area (Å²) in [6, 6.07) is 8.96. The average molecular weight is 340 g/mol. The van der Waals surface area contributed by atoms with Crippen molar-refractivity contribution in [2.45, 2.75) is 13.5 Å². The normalized spacial score (nSPS) is 11.4. The molecular weight excluding hydrogens is 328 g/mol. The first kappa shape index (κ1) is 16.5. The van der Waals surface area contributed by atoms with Crippen LogP contribution < -0.4 is 0 Å². The third-order valence-corrected chi connectivity index (χ3v) is 3.42. The Labute approximate surface area is 137 Å². The van der Waals surface area contributed by atoms with Crippen molar-refractivity contribution in [3.63, 3.8) is 0 Å². The Morgan fingerprint density at radius 3 is 2.59 bits per heavy atom. The van der Waals surface area contributed by atoms with E-state index in [0.29, 0.717) is 16.3 Å². The molecule has 1 aromatic carbocycles. The molecule has 0 N–H and O–H groups in total. The van der Waals surface area contributed by atoms with Crippen molar-refractivity contribution in [3.05, 3.63) is 69.7 Å². The standard InChI is InChI=1S/C16H12Cl2FNO2/c1-10(11-2-4-12(19)5-3-11)8-16(21)22-9-14-13(17)6-7-15(18)20-14/h2-8H,9H2,1H3/b10-8+. The number of allylic oxidation sites excluding steroid dienone is 1. The molecule has 1 aromatic heterocycles. The molecule has 0 unspecified atom stereocenters. The number of aromatic nitrogens is 1. The van der Waals surface area contributed by atoms with Crippen LogP contribution >= 0.6 is 23.2 Å². The summed E-state index contributed by atoms with van der Waals surface area (Å²) in [5.74, 6) is -0.875. The van der Waals surface area contributed by atoms with E-state index in [1.807, 2.05) is 0 Å². The van der Waals surface area contributed by atoms with Gasteiger partial charge >= 0.3 is 5.97 Å². The van der Waals surface area contributed by atoms with Gasteiger partial charge in [-0.15, -0.1) is 0 Å². The van der Waals surface area contributed by atoms with E-state index in [4.69, 9.17) is 27.9 Å². The van der Waals surface area contributed by atoms with Crippen LogP contribution in [-0.2, 0) is 16.1 Å². The summed E-state index contributed by atoms with van der Waals surface area (Å²) < 4.78 is 17.9. The number of hydrogen-bond donors (Lipinski definition) is 0. The van der Waals surface area contributed by atoms with Gasteiger partial charge in [0.25, 0.3) is 0 Å². The van der Waals surface area contributed by atoms with E-state index >= 15 is 0 Å². The predicted molar refractivity (Wildman–Crippen MR) is 84.1 cm³/mol. The maximum atomic E-state index is 12.9. The molecule has 0 aliphatic carbocycles. The molecule has 0 spiro atoms. The quantitative estimate of drug-likeness (QED) is 0.461. The summed E-state index contributed by atoms with van der Waals surface area (Å²) in [6.45, 7) is 1.66. The zero-order valence-electron chi connectivity index (χ0n) is 11.6. The molecule has 2 aromatic rings. The molecule has 22 heavy (non-hydrogen) atoms. The maximum Gasteiger partial charge on any atom is 0.331 e. The SMILES string of the molecule is C/C(=C\C(=O)OCc1nc(Cl)ccc1Cl)c1ccc(F)cc1. The molecule has 0 radical (unpaired) electrons. The number of halogens is 3. The zero-order valence-corrected chi connectivity index (χ0v) is 13.2. The average Bonchev–Trinajstić information content (AvgIpc) is 2.49. The van der Waals surface area contributed by atoms with Crippen LogP contribution in [0.5, 0.6) is 0 Å². The summed E-state index contributed by atoms with van der Waals surface area (Å²) in [7, 11) is 0. The van der Waals surface area contributed by atoms with Crippen LogP contribution in [0, 0.1) is 5.82 Å². The van der Waals surface area contributed by atoms with E-state index in [2.05, 4.69) is 4.98 Å². The lowest BCUT2D eigenvalue weighted by Gasteiger charge is -2.05. The second kappa shape index (κ2) is 7.38. The van der Waals surface area contributed by atoms with Crippen molar-refractivity contribution in [1.82, 2.24) is 4.98 Å². The number of rotatable bonds is 4. The number of hydrogen-bond acceptors (Lipinski definition) is 3. The van der Waals surface area contributed by atoms with Gasteiger partial charge < -0.3 is 4.74 Å². The van der Waals surface area contributed by atoms with Gasteiger partial charge in [0.15, 0.2) is 0 Å². The molecule has 0 saturated carbocycles. The summed E-state index contributed by atoms with van der Waals surface area (Å²) in [4.78, 5) is 15.8. The molecule has 6 heteroatoms. The van der Waals surface area contributed by atoms with Gasteiger partial charge in [-0.05, 0) is 42.3 Å². The van der Waals surface area contributed by atoms with Crippen LogP contribution in [-0.4, -0.2) is 11.0 Å². The van der Waals surface area contributed by atoms with E-state index in [9.17, 15) is 9.18 Å². The summed E-state index contributed by atoms with van der Waals surface area (Å²) in [5, 5.41) is 0.643. The third kappa shape index (κ3) is 4.55. The number of pyridine rings is 1. The summed E-state index contributed by atoms with van der Waals surface area (Å²) >= 11 is 11.7. The van der Waals surface area contributed by atoms with Gasteiger partial charge in [-0.3, -0.25) is 0 Å². The Hall–Kier alpha value is -1.91. The van der Waals surface area contributed by atoms with Crippen molar-refractivity contribution in [2.24, 2.45) is 0 Å². The molecule has 1 heterocycles. The highest BCUT2D eigenvalue weighted by atomic mass is 35.5. The lowest BCUT2D eigenvalue weighted by molar-refractivity contribution is -0.139. The van der Waals surface area contributed by atoms with Crippen LogP contribution in [0.4, 0.5) is 4.39 Å². The minimum Gasteiger partial charge on any atom is -0.456 e. The second-order valence-corrected chi connectivity index (χ2v) is 5.30. The minimum absolute atomic E-state index is 0.0780. The Morgan fingerprint density at radius 1 is 1.23 bits per heavy atom. The van der Waals surface area contributed by atoms with Crippen LogP contribution in [0.3, 0.4) is 0 Å². The van der Waals surface area contributed by atoms with Crippen LogP contribution in [0.25, 0.3) is 5.57 Å². The number of carbonyl (C=O) groups excluding carboxylic acids is 1. The molecular formula is C16H12Cl2FNO2. The lowest BCUT2D eigenvalue weighted by atomic mass is 10.1. The molecule has 3 nitrogen and oxygen atoms in total. The van der Waals surface area contributed by atoms with E-state index in [-0.39, 0.29) is 17.6 Å². The Kier molecular flexibility index (Phi) is 5.52. The van der Waals surface area contributed by atoms with Crippen molar-refractivity contribution in [2.75, 3.05) is 0 Å².